The Morgan fingerprint density at radius 1 is 1.43 bits per heavy atom. The van der Waals surface area contributed by atoms with Crippen molar-refractivity contribution < 1.29 is 19.7 Å². The summed E-state index contributed by atoms with van der Waals surface area (Å²) >= 11 is 0. The van der Waals surface area contributed by atoms with E-state index in [0.29, 0.717) is 0 Å². The van der Waals surface area contributed by atoms with Crippen LogP contribution in [0.25, 0.3) is 10.4 Å². The van der Waals surface area contributed by atoms with Gasteiger partial charge in [0.2, 0.25) is 0 Å². The van der Waals surface area contributed by atoms with Crippen LogP contribution in [0.5, 0.6) is 0 Å². The Morgan fingerprint density at radius 2 is 2.07 bits per heavy atom. The lowest BCUT2D eigenvalue weighted by Gasteiger charge is -2.38. The SMILES string of the molecule is CO[C@H]1O[C@@H](C)[C@@H](O)[C@@H](O)[C@H]1N=[N+]=[N-]. The minimum absolute atomic E-state index is 0.555. The third-order valence-corrected chi connectivity index (χ3v) is 2.23. The fourth-order valence-corrected chi connectivity index (χ4v) is 1.39. The molecule has 0 radical (unpaired) electrons. The van der Waals surface area contributed by atoms with Gasteiger partial charge in [-0.25, -0.2) is 0 Å². The van der Waals surface area contributed by atoms with Gasteiger partial charge in [0.25, 0.3) is 0 Å². The van der Waals surface area contributed by atoms with E-state index in [1.165, 1.54) is 7.11 Å². The first-order valence-electron chi connectivity index (χ1n) is 4.20. The van der Waals surface area contributed by atoms with Gasteiger partial charge in [-0.05, 0) is 12.5 Å². The Kier molecular flexibility index (Phi) is 3.68. The summed E-state index contributed by atoms with van der Waals surface area (Å²) in [6.07, 6.45) is -3.61. The Hall–Kier alpha value is -0.850. The number of rotatable bonds is 2. The van der Waals surface area contributed by atoms with Crippen LogP contribution in [0.3, 0.4) is 0 Å². The van der Waals surface area contributed by atoms with Gasteiger partial charge in [0.1, 0.15) is 12.1 Å². The summed E-state index contributed by atoms with van der Waals surface area (Å²) < 4.78 is 10.1. The van der Waals surface area contributed by atoms with E-state index in [0.717, 1.165) is 0 Å². The molecule has 1 aliphatic rings. The van der Waals surface area contributed by atoms with Crippen molar-refractivity contribution in [2.75, 3.05) is 7.11 Å². The highest BCUT2D eigenvalue weighted by molar-refractivity contribution is 4.91. The zero-order valence-corrected chi connectivity index (χ0v) is 7.94. The Labute approximate surface area is 80.9 Å². The van der Waals surface area contributed by atoms with Crippen molar-refractivity contribution in [2.45, 2.75) is 37.6 Å². The smallest absolute Gasteiger partial charge is 0.168 e. The number of aliphatic hydroxyl groups excluding tert-OH is 2. The van der Waals surface area contributed by atoms with Gasteiger partial charge in [-0.15, -0.1) is 0 Å². The third kappa shape index (κ3) is 1.97. The van der Waals surface area contributed by atoms with Crippen molar-refractivity contribution in [3.05, 3.63) is 10.4 Å². The number of aliphatic hydroxyl groups is 2. The molecule has 0 bridgehead atoms. The van der Waals surface area contributed by atoms with Gasteiger partial charge in [0, 0.05) is 12.0 Å². The second-order valence-electron chi connectivity index (χ2n) is 3.12. The number of azide groups is 1. The van der Waals surface area contributed by atoms with E-state index in [1.807, 2.05) is 0 Å². The van der Waals surface area contributed by atoms with E-state index < -0.39 is 30.6 Å². The summed E-state index contributed by atoms with van der Waals surface area (Å²) in [5, 5.41) is 22.3. The molecule has 0 spiro atoms. The summed E-state index contributed by atoms with van der Waals surface area (Å²) in [7, 11) is 1.38. The van der Waals surface area contributed by atoms with E-state index in [2.05, 4.69) is 10.0 Å². The summed E-state index contributed by atoms with van der Waals surface area (Å²) in [5.41, 5.74) is 8.26. The van der Waals surface area contributed by atoms with Crippen LogP contribution in [0.4, 0.5) is 0 Å². The van der Waals surface area contributed by atoms with Crippen LogP contribution in [0.15, 0.2) is 5.11 Å². The van der Waals surface area contributed by atoms with Gasteiger partial charge >= 0.3 is 0 Å². The molecular formula is C7H13N3O4. The van der Waals surface area contributed by atoms with Gasteiger partial charge in [-0.1, -0.05) is 5.11 Å². The topological polar surface area (TPSA) is 108 Å². The van der Waals surface area contributed by atoms with Crippen molar-refractivity contribution in [2.24, 2.45) is 5.11 Å². The molecule has 0 aromatic carbocycles. The molecule has 7 nitrogen and oxygen atoms in total. The van der Waals surface area contributed by atoms with E-state index >= 15 is 0 Å². The lowest BCUT2D eigenvalue weighted by atomic mass is 9.98. The van der Waals surface area contributed by atoms with Gasteiger partial charge in [0.05, 0.1) is 12.2 Å². The predicted octanol–water partition coefficient (Wildman–Crippen LogP) is -0.222. The fraction of sp³-hybridized carbons (Fsp3) is 1.00. The second-order valence-corrected chi connectivity index (χ2v) is 3.12. The Bertz CT molecular complexity index is 241. The fourth-order valence-electron chi connectivity index (χ4n) is 1.39. The molecule has 0 aliphatic carbocycles. The van der Waals surface area contributed by atoms with Crippen LogP contribution < -0.4 is 0 Å². The monoisotopic (exact) mass is 203 g/mol. The molecular weight excluding hydrogens is 190 g/mol. The summed E-state index contributed by atoms with van der Waals surface area (Å²) in [5.74, 6) is 0. The number of hydrogen-bond acceptors (Lipinski definition) is 5. The predicted molar refractivity (Wildman–Crippen MR) is 46.3 cm³/mol. The Balaban J connectivity index is 2.82. The molecule has 7 heteroatoms. The number of methoxy groups -OCH3 is 1. The number of nitrogens with zero attached hydrogens (tertiary/aromatic N) is 3. The van der Waals surface area contributed by atoms with Crippen molar-refractivity contribution in [3.63, 3.8) is 0 Å². The maximum Gasteiger partial charge on any atom is 0.168 e. The first kappa shape index (κ1) is 11.2. The first-order valence-corrected chi connectivity index (χ1v) is 4.20. The van der Waals surface area contributed by atoms with E-state index in [1.54, 1.807) is 6.92 Å². The average molecular weight is 203 g/mol. The van der Waals surface area contributed by atoms with E-state index in [-0.39, 0.29) is 0 Å². The molecule has 2 N–H and O–H groups in total. The van der Waals surface area contributed by atoms with Gasteiger partial charge in [0.15, 0.2) is 6.29 Å². The molecule has 1 saturated heterocycles. The lowest BCUT2D eigenvalue weighted by molar-refractivity contribution is -0.246. The van der Waals surface area contributed by atoms with Crippen molar-refractivity contribution in [1.82, 2.24) is 0 Å². The normalized spacial score (nSPS) is 43.0. The zero-order valence-electron chi connectivity index (χ0n) is 7.94. The standard InChI is InChI=1S/C7H13N3O4/c1-3-5(11)6(12)4(9-10-8)7(13-2)14-3/h3-7,11-12H,1-2H3/t3-,4+,5+,6-,7-/m0/s1. The van der Waals surface area contributed by atoms with Crippen molar-refractivity contribution in [3.8, 4) is 0 Å². The largest absolute Gasteiger partial charge is 0.390 e. The molecule has 1 heterocycles. The molecule has 0 amide bonds. The molecule has 80 valence electrons. The van der Waals surface area contributed by atoms with E-state index in [9.17, 15) is 10.2 Å². The third-order valence-electron chi connectivity index (χ3n) is 2.23. The minimum Gasteiger partial charge on any atom is -0.390 e. The van der Waals surface area contributed by atoms with Gasteiger partial charge in [-0.2, -0.15) is 0 Å². The number of ether oxygens (including phenoxy) is 2. The minimum atomic E-state index is -1.17. The molecule has 5 atom stereocenters. The highest BCUT2D eigenvalue weighted by Gasteiger charge is 2.42. The summed E-state index contributed by atoms with van der Waals surface area (Å²) in [6.45, 7) is 1.60. The molecule has 1 rings (SSSR count). The van der Waals surface area contributed by atoms with Crippen molar-refractivity contribution in [1.29, 1.82) is 0 Å². The van der Waals surface area contributed by atoms with Crippen LogP contribution in [-0.4, -0.2) is 48.0 Å². The van der Waals surface area contributed by atoms with Crippen molar-refractivity contribution >= 4 is 0 Å². The summed E-state index contributed by atoms with van der Waals surface area (Å²) in [6, 6.07) is -0.920. The molecule has 14 heavy (non-hydrogen) atoms. The first-order chi connectivity index (χ1) is 6.61. The molecule has 0 aromatic heterocycles. The maximum atomic E-state index is 9.57. The maximum absolute atomic E-state index is 9.57. The highest BCUT2D eigenvalue weighted by Crippen LogP contribution is 2.23. The van der Waals surface area contributed by atoms with Crippen LogP contribution >= 0.6 is 0 Å². The average Bonchev–Trinajstić information content (AvgIpc) is 2.19. The highest BCUT2D eigenvalue weighted by atomic mass is 16.7. The molecule has 1 aliphatic heterocycles. The van der Waals surface area contributed by atoms with E-state index in [4.69, 9.17) is 15.0 Å². The Morgan fingerprint density at radius 3 is 2.57 bits per heavy atom. The summed E-state index contributed by atoms with van der Waals surface area (Å²) in [4.78, 5) is 2.56. The lowest BCUT2D eigenvalue weighted by Crippen LogP contribution is -2.56. The molecule has 0 saturated carbocycles. The zero-order chi connectivity index (χ0) is 10.7. The number of hydrogen-bond donors (Lipinski definition) is 2. The molecule has 1 fully saturated rings. The van der Waals surface area contributed by atoms with Gasteiger partial charge < -0.3 is 19.7 Å². The van der Waals surface area contributed by atoms with Crippen LogP contribution in [0.2, 0.25) is 0 Å². The quantitative estimate of drug-likeness (QED) is 0.367. The van der Waals surface area contributed by atoms with Gasteiger partial charge in [-0.3, -0.25) is 0 Å². The van der Waals surface area contributed by atoms with Crippen LogP contribution in [0, 0.1) is 0 Å². The second kappa shape index (κ2) is 4.59. The van der Waals surface area contributed by atoms with Crippen LogP contribution in [0.1, 0.15) is 6.92 Å². The molecule has 0 aromatic rings. The molecule has 0 unspecified atom stereocenters. The van der Waals surface area contributed by atoms with Crippen LogP contribution in [-0.2, 0) is 9.47 Å².